The number of carbonyl (C=O) groups excluding carboxylic acids is 1. The highest BCUT2D eigenvalue weighted by molar-refractivity contribution is 9.09. The van der Waals surface area contributed by atoms with E-state index in [-0.39, 0.29) is 0 Å². The molecule has 1 unspecified atom stereocenters. The zero-order chi connectivity index (χ0) is 10.7. The van der Waals surface area contributed by atoms with Crippen LogP contribution in [0.5, 0.6) is 0 Å². The molecule has 15 heavy (non-hydrogen) atoms. The number of halogens is 1. The number of hydrogen-bond donors (Lipinski definition) is 0. The molecule has 2 aliphatic rings. The second-order valence-corrected chi connectivity index (χ2v) is 6.23. The van der Waals surface area contributed by atoms with Crippen LogP contribution in [0.25, 0.3) is 0 Å². The Labute approximate surface area is 101 Å². The summed E-state index contributed by atoms with van der Waals surface area (Å²) < 4.78 is 0. The Bertz CT molecular complexity index is 226. The van der Waals surface area contributed by atoms with Crippen LogP contribution in [0.1, 0.15) is 44.9 Å². The molecule has 86 valence electrons. The highest BCUT2D eigenvalue weighted by atomic mass is 79.9. The molecule has 1 heterocycles. The standard InChI is InChI=1S/C12H20BrNO/c13-11-6-3-7-14(9-11)12(15)8-10-4-1-2-5-10/h10-11H,1-9H2. The predicted octanol–water partition coefficient (Wildman–Crippen LogP) is 2.95. The van der Waals surface area contributed by atoms with Crippen LogP contribution >= 0.6 is 15.9 Å². The Balaban J connectivity index is 1.78. The summed E-state index contributed by atoms with van der Waals surface area (Å²) in [6.45, 7) is 1.90. The van der Waals surface area contributed by atoms with Gasteiger partial charge in [-0.25, -0.2) is 0 Å². The molecule has 0 aromatic carbocycles. The zero-order valence-corrected chi connectivity index (χ0v) is 10.8. The summed E-state index contributed by atoms with van der Waals surface area (Å²) in [4.78, 5) is 14.6. The Morgan fingerprint density at radius 2 is 1.93 bits per heavy atom. The number of nitrogens with zero attached hydrogens (tertiary/aromatic N) is 1. The van der Waals surface area contributed by atoms with Gasteiger partial charge < -0.3 is 4.90 Å². The highest BCUT2D eigenvalue weighted by Crippen LogP contribution is 2.28. The molecule has 1 atom stereocenters. The summed E-state index contributed by atoms with van der Waals surface area (Å²) in [5.74, 6) is 1.08. The van der Waals surface area contributed by atoms with Crippen LogP contribution in [-0.2, 0) is 4.79 Å². The van der Waals surface area contributed by atoms with Crippen LogP contribution in [-0.4, -0.2) is 28.7 Å². The molecule has 2 nitrogen and oxygen atoms in total. The van der Waals surface area contributed by atoms with Crippen molar-refractivity contribution < 1.29 is 4.79 Å². The van der Waals surface area contributed by atoms with E-state index >= 15 is 0 Å². The normalized spacial score (nSPS) is 28.3. The molecule has 3 heteroatoms. The predicted molar refractivity (Wildman–Crippen MR) is 65.1 cm³/mol. The molecule has 0 bridgehead atoms. The van der Waals surface area contributed by atoms with Crippen molar-refractivity contribution in [2.75, 3.05) is 13.1 Å². The number of rotatable bonds is 2. The van der Waals surface area contributed by atoms with Crippen molar-refractivity contribution in [3.8, 4) is 0 Å². The number of likely N-dealkylation sites (tertiary alicyclic amines) is 1. The van der Waals surface area contributed by atoms with Crippen LogP contribution in [0.15, 0.2) is 0 Å². The van der Waals surface area contributed by atoms with E-state index in [1.165, 1.54) is 32.1 Å². The van der Waals surface area contributed by atoms with Crippen molar-refractivity contribution in [2.24, 2.45) is 5.92 Å². The first-order valence-corrected chi connectivity index (χ1v) is 7.09. The molecule has 1 saturated heterocycles. The maximum atomic E-state index is 12.0. The average molecular weight is 274 g/mol. The van der Waals surface area contributed by atoms with Gasteiger partial charge in [-0.15, -0.1) is 0 Å². The van der Waals surface area contributed by atoms with Crippen molar-refractivity contribution in [1.82, 2.24) is 4.90 Å². The first-order valence-electron chi connectivity index (χ1n) is 6.17. The van der Waals surface area contributed by atoms with Crippen molar-refractivity contribution in [3.63, 3.8) is 0 Å². The van der Waals surface area contributed by atoms with Gasteiger partial charge >= 0.3 is 0 Å². The van der Waals surface area contributed by atoms with Gasteiger partial charge in [0.05, 0.1) is 0 Å². The molecule has 0 N–H and O–H groups in total. The molecule has 2 rings (SSSR count). The lowest BCUT2D eigenvalue weighted by molar-refractivity contribution is -0.132. The molecule has 2 fully saturated rings. The second kappa shape index (κ2) is 5.33. The maximum absolute atomic E-state index is 12.0. The van der Waals surface area contributed by atoms with E-state index < -0.39 is 0 Å². The fourth-order valence-electron chi connectivity index (χ4n) is 2.74. The van der Waals surface area contributed by atoms with Gasteiger partial charge in [0.1, 0.15) is 0 Å². The fourth-order valence-corrected chi connectivity index (χ4v) is 3.42. The van der Waals surface area contributed by atoms with Gasteiger partial charge in [0.2, 0.25) is 5.91 Å². The largest absolute Gasteiger partial charge is 0.342 e. The zero-order valence-electron chi connectivity index (χ0n) is 9.25. The topological polar surface area (TPSA) is 20.3 Å². The number of amides is 1. The Morgan fingerprint density at radius 1 is 1.20 bits per heavy atom. The molecular formula is C12H20BrNO. The molecular weight excluding hydrogens is 254 g/mol. The molecule has 0 spiro atoms. The molecule has 0 aromatic rings. The minimum atomic E-state index is 0.394. The van der Waals surface area contributed by atoms with Gasteiger partial charge in [0, 0.05) is 24.3 Å². The monoisotopic (exact) mass is 273 g/mol. The van der Waals surface area contributed by atoms with Crippen LogP contribution in [0, 0.1) is 5.92 Å². The smallest absolute Gasteiger partial charge is 0.222 e. The Morgan fingerprint density at radius 3 is 2.60 bits per heavy atom. The average Bonchev–Trinajstić information content (AvgIpc) is 2.70. The second-order valence-electron chi connectivity index (χ2n) is 4.93. The molecule has 1 saturated carbocycles. The van der Waals surface area contributed by atoms with E-state index in [9.17, 15) is 4.79 Å². The van der Waals surface area contributed by atoms with Gasteiger partial charge in [-0.3, -0.25) is 4.79 Å². The van der Waals surface area contributed by atoms with E-state index in [1.807, 2.05) is 0 Å². The molecule has 1 aliphatic carbocycles. The lowest BCUT2D eigenvalue weighted by Gasteiger charge is -2.30. The van der Waals surface area contributed by atoms with Crippen molar-refractivity contribution in [2.45, 2.75) is 49.8 Å². The van der Waals surface area contributed by atoms with E-state index in [2.05, 4.69) is 20.8 Å². The van der Waals surface area contributed by atoms with Gasteiger partial charge in [-0.05, 0) is 31.6 Å². The summed E-state index contributed by atoms with van der Waals surface area (Å²) in [5.41, 5.74) is 0. The van der Waals surface area contributed by atoms with Crippen LogP contribution in [0.2, 0.25) is 0 Å². The first kappa shape index (κ1) is 11.4. The minimum Gasteiger partial charge on any atom is -0.342 e. The van der Waals surface area contributed by atoms with E-state index in [0.29, 0.717) is 16.7 Å². The van der Waals surface area contributed by atoms with E-state index in [0.717, 1.165) is 25.9 Å². The summed E-state index contributed by atoms with van der Waals surface area (Å²) in [6, 6.07) is 0. The Hall–Kier alpha value is -0.0500. The number of alkyl halides is 1. The summed E-state index contributed by atoms with van der Waals surface area (Å²) in [6.07, 6.45) is 8.39. The SMILES string of the molecule is O=C(CC1CCCC1)N1CCCC(Br)C1. The van der Waals surface area contributed by atoms with Gasteiger partial charge in [0.15, 0.2) is 0 Å². The van der Waals surface area contributed by atoms with E-state index in [4.69, 9.17) is 0 Å². The maximum Gasteiger partial charge on any atom is 0.222 e. The summed E-state index contributed by atoms with van der Waals surface area (Å²) in [5, 5.41) is 0. The number of piperidine rings is 1. The van der Waals surface area contributed by atoms with Crippen molar-refractivity contribution >= 4 is 21.8 Å². The lowest BCUT2D eigenvalue weighted by Crippen LogP contribution is -2.40. The lowest BCUT2D eigenvalue weighted by atomic mass is 10.0. The quantitative estimate of drug-likeness (QED) is 0.709. The highest BCUT2D eigenvalue weighted by Gasteiger charge is 2.25. The van der Waals surface area contributed by atoms with Gasteiger partial charge in [-0.2, -0.15) is 0 Å². The van der Waals surface area contributed by atoms with Gasteiger partial charge in [-0.1, -0.05) is 28.8 Å². The summed E-state index contributed by atoms with van der Waals surface area (Å²) >= 11 is 3.62. The summed E-state index contributed by atoms with van der Waals surface area (Å²) in [7, 11) is 0. The van der Waals surface area contributed by atoms with Crippen molar-refractivity contribution in [1.29, 1.82) is 0 Å². The molecule has 1 amide bonds. The van der Waals surface area contributed by atoms with Crippen LogP contribution in [0.3, 0.4) is 0 Å². The van der Waals surface area contributed by atoms with Crippen molar-refractivity contribution in [3.05, 3.63) is 0 Å². The first-order chi connectivity index (χ1) is 7.25. The third-order valence-corrected chi connectivity index (χ3v) is 4.40. The third-order valence-electron chi connectivity index (χ3n) is 3.65. The van der Waals surface area contributed by atoms with E-state index in [1.54, 1.807) is 0 Å². The fraction of sp³-hybridized carbons (Fsp3) is 0.917. The molecule has 0 aromatic heterocycles. The Kier molecular flexibility index (Phi) is 4.06. The van der Waals surface area contributed by atoms with Crippen LogP contribution < -0.4 is 0 Å². The van der Waals surface area contributed by atoms with Gasteiger partial charge in [0.25, 0.3) is 0 Å². The molecule has 1 aliphatic heterocycles. The third kappa shape index (κ3) is 3.20. The number of carbonyl (C=O) groups is 1. The minimum absolute atomic E-state index is 0.394. The molecule has 0 radical (unpaired) electrons. The van der Waals surface area contributed by atoms with Crippen LogP contribution in [0.4, 0.5) is 0 Å². The number of hydrogen-bond acceptors (Lipinski definition) is 1.